The molecule has 1 aliphatic rings. The van der Waals surface area contributed by atoms with E-state index in [2.05, 4.69) is 10.5 Å². The first-order chi connectivity index (χ1) is 13.2. The SMILES string of the molecule is O=C(Cc1cc(-c2cc3ccccc3o2)on1)Nc1ccc2c(c1)OCO2. The number of nitrogens with zero attached hydrogens (tertiary/aromatic N) is 1. The van der Waals surface area contributed by atoms with Crippen molar-refractivity contribution in [2.75, 3.05) is 12.1 Å². The molecule has 7 nitrogen and oxygen atoms in total. The number of anilines is 1. The van der Waals surface area contributed by atoms with Gasteiger partial charge in [-0.3, -0.25) is 4.79 Å². The zero-order valence-electron chi connectivity index (χ0n) is 14.1. The predicted molar refractivity (Wildman–Crippen MR) is 96.6 cm³/mol. The summed E-state index contributed by atoms with van der Waals surface area (Å²) in [7, 11) is 0. The van der Waals surface area contributed by atoms with Gasteiger partial charge in [0.05, 0.1) is 12.1 Å². The molecule has 4 aromatic rings. The number of furan rings is 1. The van der Waals surface area contributed by atoms with Gasteiger partial charge in [0.15, 0.2) is 17.3 Å². The van der Waals surface area contributed by atoms with Gasteiger partial charge in [0.1, 0.15) is 5.58 Å². The molecule has 0 saturated carbocycles. The zero-order chi connectivity index (χ0) is 18.2. The van der Waals surface area contributed by atoms with Crippen molar-refractivity contribution in [3.63, 3.8) is 0 Å². The smallest absolute Gasteiger partial charge is 0.231 e. The average molecular weight is 362 g/mol. The van der Waals surface area contributed by atoms with Crippen LogP contribution in [0.1, 0.15) is 5.69 Å². The maximum absolute atomic E-state index is 12.3. The van der Waals surface area contributed by atoms with Crippen molar-refractivity contribution < 1.29 is 23.2 Å². The van der Waals surface area contributed by atoms with E-state index in [0.29, 0.717) is 34.4 Å². The Balaban J connectivity index is 1.29. The van der Waals surface area contributed by atoms with Crippen molar-refractivity contribution in [1.82, 2.24) is 5.16 Å². The van der Waals surface area contributed by atoms with Gasteiger partial charge in [-0.05, 0) is 24.3 Å². The molecule has 27 heavy (non-hydrogen) atoms. The highest BCUT2D eigenvalue weighted by molar-refractivity contribution is 5.92. The van der Waals surface area contributed by atoms with Crippen LogP contribution in [0.15, 0.2) is 63.5 Å². The Hall–Kier alpha value is -3.74. The van der Waals surface area contributed by atoms with Gasteiger partial charge in [-0.25, -0.2) is 0 Å². The number of amides is 1. The first kappa shape index (κ1) is 15.5. The second kappa shape index (κ2) is 6.21. The molecule has 0 spiro atoms. The van der Waals surface area contributed by atoms with Crippen LogP contribution in [0.2, 0.25) is 0 Å². The van der Waals surface area contributed by atoms with E-state index in [9.17, 15) is 4.79 Å². The van der Waals surface area contributed by atoms with Gasteiger partial charge in [-0.1, -0.05) is 23.4 Å². The van der Waals surface area contributed by atoms with Crippen molar-refractivity contribution >= 4 is 22.6 Å². The van der Waals surface area contributed by atoms with Gasteiger partial charge >= 0.3 is 0 Å². The molecule has 0 fully saturated rings. The average Bonchev–Trinajstić information content (AvgIpc) is 3.39. The number of ether oxygens (including phenoxy) is 2. The Morgan fingerprint density at radius 3 is 2.81 bits per heavy atom. The summed E-state index contributed by atoms with van der Waals surface area (Å²) >= 11 is 0. The van der Waals surface area contributed by atoms with E-state index in [1.54, 1.807) is 24.3 Å². The second-order valence-electron chi connectivity index (χ2n) is 6.12. The fourth-order valence-electron chi connectivity index (χ4n) is 2.96. The minimum atomic E-state index is -0.210. The molecule has 134 valence electrons. The number of para-hydroxylation sites is 1. The molecular formula is C20H14N2O5. The lowest BCUT2D eigenvalue weighted by atomic mass is 10.2. The van der Waals surface area contributed by atoms with Crippen LogP contribution in [0, 0.1) is 0 Å². The highest BCUT2D eigenvalue weighted by Gasteiger charge is 2.16. The van der Waals surface area contributed by atoms with Gasteiger partial charge in [0.2, 0.25) is 18.5 Å². The number of fused-ring (bicyclic) bond motifs is 2. The molecular weight excluding hydrogens is 348 g/mol. The number of benzene rings is 2. The molecule has 0 bridgehead atoms. The summed E-state index contributed by atoms with van der Waals surface area (Å²) in [5.74, 6) is 2.13. The number of hydrogen-bond acceptors (Lipinski definition) is 6. The normalized spacial score (nSPS) is 12.4. The quantitative estimate of drug-likeness (QED) is 0.590. The molecule has 0 unspecified atom stereocenters. The van der Waals surface area contributed by atoms with Crippen molar-refractivity contribution in [1.29, 1.82) is 0 Å². The molecule has 2 aromatic carbocycles. The number of aromatic nitrogens is 1. The van der Waals surface area contributed by atoms with Crippen molar-refractivity contribution in [3.05, 3.63) is 60.3 Å². The van der Waals surface area contributed by atoms with E-state index < -0.39 is 0 Å². The minimum Gasteiger partial charge on any atom is -0.454 e. The van der Waals surface area contributed by atoms with Crippen LogP contribution in [-0.4, -0.2) is 17.9 Å². The highest BCUT2D eigenvalue weighted by Crippen LogP contribution is 2.34. The predicted octanol–water partition coefficient (Wildman–Crippen LogP) is 4.00. The number of rotatable bonds is 4. The largest absolute Gasteiger partial charge is 0.454 e. The lowest BCUT2D eigenvalue weighted by molar-refractivity contribution is -0.115. The molecule has 0 aliphatic carbocycles. The first-order valence-electron chi connectivity index (χ1n) is 8.39. The maximum atomic E-state index is 12.3. The van der Waals surface area contributed by atoms with Gasteiger partial charge < -0.3 is 23.7 Å². The van der Waals surface area contributed by atoms with Gasteiger partial charge in [0, 0.05) is 23.2 Å². The van der Waals surface area contributed by atoms with Crippen molar-refractivity contribution in [2.24, 2.45) is 0 Å². The van der Waals surface area contributed by atoms with Gasteiger partial charge in [0.25, 0.3) is 0 Å². The van der Waals surface area contributed by atoms with Crippen LogP contribution in [0.3, 0.4) is 0 Å². The number of carbonyl (C=O) groups is 1. The van der Waals surface area contributed by atoms with Crippen molar-refractivity contribution in [3.8, 4) is 23.0 Å². The van der Waals surface area contributed by atoms with E-state index >= 15 is 0 Å². The van der Waals surface area contributed by atoms with E-state index in [0.717, 1.165) is 11.0 Å². The van der Waals surface area contributed by atoms with Gasteiger partial charge in [-0.2, -0.15) is 0 Å². The van der Waals surface area contributed by atoms with E-state index in [1.807, 2.05) is 30.3 Å². The Labute approximate surface area is 153 Å². The molecule has 1 aliphatic heterocycles. The summed E-state index contributed by atoms with van der Waals surface area (Å²) in [6, 6.07) is 16.5. The molecule has 1 amide bonds. The summed E-state index contributed by atoms with van der Waals surface area (Å²) in [5, 5.41) is 7.75. The molecule has 5 rings (SSSR count). The third kappa shape index (κ3) is 2.99. The summed E-state index contributed by atoms with van der Waals surface area (Å²) in [6.07, 6.45) is 0.0815. The first-order valence-corrected chi connectivity index (χ1v) is 8.39. The topological polar surface area (TPSA) is 86.7 Å². The summed E-state index contributed by atoms with van der Waals surface area (Å²) in [6.45, 7) is 0.191. The van der Waals surface area contributed by atoms with E-state index in [1.165, 1.54) is 0 Å². The van der Waals surface area contributed by atoms with Crippen LogP contribution >= 0.6 is 0 Å². The fraction of sp³-hybridized carbons (Fsp3) is 0.100. The third-order valence-electron chi connectivity index (χ3n) is 4.23. The number of nitrogens with one attached hydrogen (secondary N) is 1. The zero-order valence-corrected chi connectivity index (χ0v) is 14.1. The van der Waals surface area contributed by atoms with Crippen LogP contribution in [0.25, 0.3) is 22.5 Å². The molecule has 0 atom stereocenters. The van der Waals surface area contributed by atoms with E-state index in [-0.39, 0.29) is 19.1 Å². The van der Waals surface area contributed by atoms with Crippen LogP contribution in [0.5, 0.6) is 11.5 Å². The standard InChI is InChI=1S/C20H14N2O5/c23-20(21-13-5-6-16-17(8-13)25-11-24-16)10-14-9-19(27-22-14)18-7-12-3-1-2-4-15(12)26-18/h1-9H,10-11H2,(H,21,23). The molecule has 0 radical (unpaired) electrons. The Morgan fingerprint density at radius 2 is 1.89 bits per heavy atom. The molecule has 7 heteroatoms. The third-order valence-corrected chi connectivity index (χ3v) is 4.23. The molecule has 0 saturated heterocycles. The van der Waals surface area contributed by atoms with Crippen LogP contribution in [-0.2, 0) is 11.2 Å². The Bertz CT molecular complexity index is 1110. The number of hydrogen-bond donors (Lipinski definition) is 1. The summed E-state index contributed by atoms with van der Waals surface area (Å²) in [5.41, 5.74) is 1.92. The van der Waals surface area contributed by atoms with Crippen molar-refractivity contribution in [2.45, 2.75) is 6.42 Å². The number of carbonyl (C=O) groups excluding carboxylic acids is 1. The molecule has 3 heterocycles. The van der Waals surface area contributed by atoms with Crippen LogP contribution in [0.4, 0.5) is 5.69 Å². The highest BCUT2D eigenvalue weighted by atomic mass is 16.7. The molecule has 2 aromatic heterocycles. The summed E-state index contributed by atoms with van der Waals surface area (Å²) < 4.78 is 21.6. The van der Waals surface area contributed by atoms with Gasteiger partial charge in [-0.15, -0.1) is 0 Å². The Morgan fingerprint density at radius 1 is 1.00 bits per heavy atom. The minimum absolute atomic E-state index is 0.0815. The summed E-state index contributed by atoms with van der Waals surface area (Å²) in [4.78, 5) is 12.3. The second-order valence-corrected chi connectivity index (χ2v) is 6.12. The lowest BCUT2D eigenvalue weighted by Crippen LogP contribution is -2.14. The lowest BCUT2D eigenvalue weighted by Gasteiger charge is -2.04. The van der Waals surface area contributed by atoms with Crippen LogP contribution < -0.4 is 14.8 Å². The monoisotopic (exact) mass is 362 g/mol. The Kier molecular flexibility index (Phi) is 3.57. The fourth-order valence-corrected chi connectivity index (χ4v) is 2.96. The maximum Gasteiger partial charge on any atom is 0.231 e. The van der Waals surface area contributed by atoms with E-state index in [4.69, 9.17) is 18.4 Å². The molecule has 1 N–H and O–H groups in total.